The maximum absolute atomic E-state index is 6.03. The third-order valence-corrected chi connectivity index (χ3v) is 4.71. The number of nitrogens with zero attached hydrogens (tertiary/aromatic N) is 3. The van der Waals surface area contributed by atoms with E-state index in [0.29, 0.717) is 0 Å². The molecule has 2 aromatic carbocycles. The van der Waals surface area contributed by atoms with Crippen LogP contribution in [0, 0.1) is 0 Å². The highest BCUT2D eigenvalue weighted by atomic mass is 35.5. The summed E-state index contributed by atoms with van der Waals surface area (Å²) in [5.74, 6) is 1.64. The molecule has 0 bridgehead atoms. The van der Waals surface area contributed by atoms with Crippen molar-refractivity contribution in [1.29, 1.82) is 0 Å². The van der Waals surface area contributed by atoms with E-state index in [1.54, 1.807) is 11.8 Å². The minimum Gasteiger partial charge on any atom is -0.399 e. The lowest BCUT2D eigenvalue weighted by atomic mass is 10.2. The zero-order valence-electron chi connectivity index (χ0n) is 12.7. The zero-order chi connectivity index (χ0) is 16.2. The van der Waals surface area contributed by atoms with Crippen molar-refractivity contribution < 1.29 is 0 Å². The monoisotopic (exact) mass is 344 g/mol. The molecule has 0 spiro atoms. The standard InChI is InChI=1S/C17H17ClN4S/c1-2-22-16(13-6-4-8-15(19)10-13)20-21-17(22)23-11-12-5-3-7-14(18)9-12/h3-10H,2,11,19H2,1H3. The summed E-state index contributed by atoms with van der Waals surface area (Å²) in [6, 6.07) is 15.6. The first-order valence-corrected chi connectivity index (χ1v) is 8.70. The van der Waals surface area contributed by atoms with Gasteiger partial charge in [-0.2, -0.15) is 0 Å². The molecule has 0 aliphatic heterocycles. The number of nitrogen functional groups attached to an aromatic ring is 1. The first kappa shape index (κ1) is 15.9. The summed E-state index contributed by atoms with van der Waals surface area (Å²) in [6.07, 6.45) is 0. The van der Waals surface area contributed by atoms with Gasteiger partial charge >= 0.3 is 0 Å². The fraction of sp³-hybridized carbons (Fsp3) is 0.176. The van der Waals surface area contributed by atoms with Crippen molar-refractivity contribution in [2.75, 3.05) is 5.73 Å². The van der Waals surface area contributed by atoms with Crippen LogP contribution in [0.2, 0.25) is 5.02 Å². The fourth-order valence-electron chi connectivity index (χ4n) is 2.35. The molecule has 0 fully saturated rings. The lowest BCUT2D eigenvalue weighted by molar-refractivity contribution is 0.687. The molecule has 118 valence electrons. The Morgan fingerprint density at radius 3 is 2.70 bits per heavy atom. The molecule has 4 nitrogen and oxygen atoms in total. The molecule has 0 aliphatic carbocycles. The molecule has 0 amide bonds. The number of hydrogen-bond acceptors (Lipinski definition) is 4. The summed E-state index contributed by atoms with van der Waals surface area (Å²) in [5.41, 5.74) is 8.74. The minimum atomic E-state index is 0.723. The van der Waals surface area contributed by atoms with Crippen LogP contribution in [0.1, 0.15) is 12.5 Å². The predicted octanol–water partition coefficient (Wildman–Crippen LogP) is 4.49. The first-order valence-electron chi connectivity index (χ1n) is 7.33. The summed E-state index contributed by atoms with van der Waals surface area (Å²) in [4.78, 5) is 0. The lowest BCUT2D eigenvalue weighted by Gasteiger charge is -2.08. The van der Waals surface area contributed by atoms with Crippen molar-refractivity contribution >= 4 is 29.1 Å². The van der Waals surface area contributed by atoms with E-state index in [1.807, 2.05) is 42.5 Å². The molecule has 1 heterocycles. The van der Waals surface area contributed by atoms with Crippen molar-refractivity contribution in [3.05, 3.63) is 59.1 Å². The highest BCUT2D eigenvalue weighted by molar-refractivity contribution is 7.98. The second kappa shape index (κ2) is 7.06. The quantitative estimate of drug-likeness (QED) is 0.547. The average molecular weight is 345 g/mol. The smallest absolute Gasteiger partial charge is 0.191 e. The topological polar surface area (TPSA) is 56.7 Å². The van der Waals surface area contributed by atoms with Crippen molar-refractivity contribution in [1.82, 2.24) is 14.8 Å². The van der Waals surface area contributed by atoms with Gasteiger partial charge in [-0.15, -0.1) is 10.2 Å². The van der Waals surface area contributed by atoms with E-state index in [4.69, 9.17) is 17.3 Å². The van der Waals surface area contributed by atoms with Gasteiger partial charge in [0.05, 0.1) is 0 Å². The van der Waals surface area contributed by atoms with Gasteiger partial charge in [-0.25, -0.2) is 0 Å². The normalized spacial score (nSPS) is 10.9. The van der Waals surface area contributed by atoms with Gasteiger partial charge in [0, 0.05) is 28.6 Å². The van der Waals surface area contributed by atoms with E-state index >= 15 is 0 Å². The second-order valence-corrected chi connectivity index (χ2v) is 6.47. The van der Waals surface area contributed by atoms with E-state index < -0.39 is 0 Å². The molecule has 1 aromatic heterocycles. The number of aromatic nitrogens is 3. The Morgan fingerprint density at radius 2 is 1.96 bits per heavy atom. The summed E-state index contributed by atoms with van der Waals surface area (Å²) < 4.78 is 2.10. The van der Waals surface area contributed by atoms with E-state index in [1.165, 1.54) is 5.56 Å². The van der Waals surface area contributed by atoms with Crippen LogP contribution in [0.4, 0.5) is 5.69 Å². The number of thioether (sulfide) groups is 1. The third-order valence-electron chi connectivity index (χ3n) is 3.43. The predicted molar refractivity (Wildman–Crippen MR) is 96.6 cm³/mol. The molecule has 0 saturated carbocycles. The van der Waals surface area contributed by atoms with Crippen LogP contribution < -0.4 is 5.73 Å². The summed E-state index contributed by atoms with van der Waals surface area (Å²) in [7, 11) is 0. The van der Waals surface area contributed by atoms with Crippen LogP contribution in [-0.4, -0.2) is 14.8 Å². The largest absolute Gasteiger partial charge is 0.399 e. The molecule has 0 radical (unpaired) electrons. The van der Waals surface area contributed by atoms with Gasteiger partial charge < -0.3 is 10.3 Å². The van der Waals surface area contributed by atoms with E-state index in [0.717, 1.165) is 39.6 Å². The maximum atomic E-state index is 6.03. The van der Waals surface area contributed by atoms with Gasteiger partial charge in [0.15, 0.2) is 11.0 Å². The number of rotatable bonds is 5. The van der Waals surface area contributed by atoms with Crippen LogP contribution in [0.3, 0.4) is 0 Å². The Balaban J connectivity index is 1.84. The van der Waals surface area contributed by atoms with Gasteiger partial charge in [-0.1, -0.05) is 47.6 Å². The summed E-state index contributed by atoms with van der Waals surface area (Å²) in [6.45, 7) is 2.89. The van der Waals surface area contributed by atoms with Gasteiger partial charge in [0.2, 0.25) is 0 Å². The molecule has 23 heavy (non-hydrogen) atoms. The van der Waals surface area contributed by atoms with Gasteiger partial charge in [-0.3, -0.25) is 0 Å². The number of nitrogens with two attached hydrogens (primary N) is 1. The lowest BCUT2D eigenvalue weighted by Crippen LogP contribution is -2.00. The highest BCUT2D eigenvalue weighted by Gasteiger charge is 2.13. The fourth-order valence-corrected chi connectivity index (χ4v) is 3.50. The van der Waals surface area contributed by atoms with E-state index in [9.17, 15) is 0 Å². The Hall–Kier alpha value is -1.98. The molecule has 0 unspecified atom stereocenters. The van der Waals surface area contributed by atoms with Gasteiger partial charge in [-0.05, 0) is 36.8 Å². The number of benzene rings is 2. The third kappa shape index (κ3) is 3.68. The Labute approximate surface area is 144 Å². The molecule has 0 atom stereocenters. The molecule has 3 aromatic rings. The molecule has 0 aliphatic rings. The molecular weight excluding hydrogens is 328 g/mol. The SMILES string of the molecule is CCn1c(SCc2cccc(Cl)c2)nnc1-c1cccc(N)c1. The zero-order valence-corrected chi connectivity index (χ0v) is 14.3. The number of hydrogen-bond donors (Lipinski definition) is 1. The second-order valence-electron chi connectivity index (χ2n) is 5.09. The molecule has 6 heteroatoms. The number of halogens is 1. The maximum Gasteiger partial charge on any atom is 0.191 e. The minimum absolute atomic E-state index is 0.723. The van der Waals surface area contributed by atoms with Crippen LogP contribution >= 0.6 is 23.4 Å². The Morgan fingerprint density at radius 1 is 1.13 bits per heavy atom. The van der Waals surface area contributed by atoms with E-state index in [-0.39, 0.29) is 0 Å². The van der Waals surface area contributed by atoms with Crippen LogP contribution in [0.15, 0.2) is 53.7 Å². The van der Waals surface area contributed by atoms with E-state index in [2.05, 4.69) is 27.8 Å². The molecule has 2 N–H and O–H groups in total. The molecule has 0 saturated heterocycles. The van der Waals surface area contributed by atoms with Crippen LogP contribution in [0.25, 0.3) is 11.4 Å². The van der Waals surface area contributed by atoms with Crippen molar-refractivity contribution in [3.8, 4) is 11.4 Å². The van der Waals surface area contributed by atoms with Crippen molar-refractivity contribution in [2.45, 2.75) is 24.4 Å². The molecular formula is C17H17ClN4S. The first-order chi connectivity index (χ1) is 11.2. The van der Waals surface area contributed by atoms with Gasteiger partial charge in [0.25, 0.3) is 0 Å². The highest BCUT2D eigenvalue weighted by Crippen LogP contribution is 2.27. The number of anilines is 1. The Bertz CT molecular complexity index is 816. The van der Waals surface area contributed by atoms with Crippen molar-refractivity contribution in [2.24, 2.45) is 0 Å². The summed E-state index contributed by atoms with van der Waals surface area (Å²) >= 11 is 7.68. The Kier molecular flexibility index (Phi) is 4.88. The average Bonchev–Trinajstić information content (AvgIpc) is 2.96. The van der Waals surface area contributed by atoms with Gasteiger partial charge in [0.1, 0.15) is 0 Å². The molecule has 3 rings (SSSR count). The van der Waals surface area contributed by atoms with Crippen molar-refractivity contribution in [3.63, 3.8) is 0 Å². The summed E-state index contributed by atoms with van der Waals surface area (Å²) in [5, 5.41) is 10.3. The van der Waals surface area contributed by atoms with Crippen LogP contribution in [-0.2, 0) is 12.3 Å². The van der Waals surface area contributed by atoms with Crippen LogP contribution in [0.5, 0.6) is 0 Å².